The first-order valence-electron chi connectivity index (χ1n) is 6.09. The average molecular weight is 225 g/mol. The smallest absolute Gasteiger partial charge is 0.0412 e. The summed E-state index contributed by atoms with van der Waals surface area (Å²) in [6, 6.07) is 4.95. The average Bonchev–Trinajstić information content (AvgIpc) is 2.77. The van der Waals surface area contributed by atoms with E-state index in [9.17, 15) is 0 Å². The number of unbranched alkanes of at least 4 members (excludes halogenated alkanes) is 4. The third kappa shape index (κ3) is 4.80. The van der Waals surface area contributed by atoms with Gasteiger partial charge in [-0.15, -0.1) is 11.3 Å². The van der Waals surface area contributed by atoms with Crippen LogP contribution in [0.15, 0.2) is 17.5 Å². The Morgan fingerprint density at radius 3 is 2.67 bits per heavy atom. The largest absolute Gasteiger partial charge is 0.312 e. The second kappa shape index (κ2) is 7.89. The van der Waals surface area contributed by atoms with Crippen LogP contribution in [0.5, 0.6) is 0 Å². The van der Waals surface area contributed by atoms with E-state index in [0.29, 0.717) is 6.04 Å². The minimum absolute atomic E-state index is 0.576. The second-order valence-electron chi connectivity index (χ2n) is 4.06. The molecule has 1 aromatic rings. The number of nitrogens with one attached hydrogen (secondary N) is 1. The molecular formula is C13H23NS. The van der Waals surface area contributed by atoms with Gasteiger partial charge in [0.2, 0.25) is 0 Å². The molecule has 0 aliphatic rings. The zero-order valence-corrected chi connectivity index (χ0v) is 10.8. The fraction of sp³-hybridized carbons (Fsp3) is 0.692. The molecule has 0 spiro atoms. The summed E-state index contributed by atoms with van der Waals surface area (Å²) in [5.41, 5.74) is 0. The molecule has 0 radical (unpaired) electrons. The molecule has 15 heavy (non-hydrogen) atoms. The van der Waals surface area contributed by atoms with Crippen LogP contribution in [-0.2, 0) is 0 Å². The quantitative estimate of drug-likeness (QED) is 0.648. The van der Waals surface area contributed by atoms with Crippen LogP contribution >= 0.6 is 11.3 Å². The maximum Gasteiger partial charge on any atom is 0.0412 e. The van der Waals surface area contributed by atoms with Gasteiger partial charge in [0, 0.05) is 10.9 Å². The molecule has 0 aliphatic heterocycles. The van der Waals surface area contributed by atoms with Crippen molar-refractivity contribution in [3.05, 3.63) is 22.4 Å². The highest BCUT2D eigenvalue weighted by Gasteiger charge is 2.08. The van der Waals surface area contributed by atoms with E-state index in [1.807, 2.05) is 11.3 Å². The lowest BCUT2D eigenvalue weighted by atomic mass is 10.1. The van der Waals surface area contributed by atoms with Gasteiger partial charge < -0.3 is 5.32 Å². The van der Waals surface area contributed by atoms with E-state index >= 15 is 0 Å². The molecule has 1 N–H and O–H groups in total. The summed E-state index contributed by atoms with van der Waals surface area (Å²) < 4.78 is 0. The van der Waals surface area contributed by atoms with Crippen LogP contribution in [0, 0.1) is 0 Å². The Hall–Kier alpha value is -0.340. The summed E-state index contributed by atoms with van der Waals surface area (Å²) >= 11 is 1.86. The van der Waals surface area contributed by atoms with E-state index in [1.54, 1.807) is 0 Å². The van der Waals surface area contributed by atoms with Gasteiger partial charge in [0.05, 0.1) is 0 Å². The maximum atomic E-state index is 3.41. The zero-order valence-electron chi connectivity index (χ0n) is 9.96. The van der Waals surface area contributed by atoms with Gasteiger partial charge in [-0.05, 0) is 24.9 Å². The Morgan fingerprint density at radius 1 is 1.27 bits per heavy atom. The van der Waals surface area contributed by atoms with Crippen LogP contribution in [0.4, 0.5) is 0 Å². The summed E-state index contributed by atoms with van der Waals surface area (Å²) in [5.74, 6) is 0. The molecule has 0 aromatic carbocycles. The molecule has 0 bridgehead atoms. The summed E-state index contributed by atoms with van der Waals surface area (Å²) in [7, 11) is 2.07. The van der Waals surface area contributed by atoms with Crippen molar-refractivity contribution in [1.29, 1.82) is 0 Å². The summed E-state index contributed by atoms with van der Waals surface area (Å²) in [5, 5.41) is 5.57. The first kappa shape index (κ1) is 12.7. The lowest BCUT2D eigenvalue weighted by molar-refractivity contribution is 0.506. The van der Waals surface area contributed by atoms with Gasteiger partial charge in [0.25, 0.3) is 0 Å². The summed E-state index contributed by atoms with van der Waals surface area (Å²) in [6.45, 7) is 2.27. The molecule has 1 heterocycles. The second-order valence-corrected chi connectivity index (χ2v) is 5.04. The lowest BCUT2D eigenvalue weighted by Crippen LogP contribution is -2.14. The first-order valence-corrected chi connectivity index (χ1v) is 6.97. The van der Waals surface area contributed by atoms with Gasteiger partial charge >= 0.3 is 0 Å². The SMILES string of the molecule is CCCCCCCC(NC)c1cccs1. The van der Waals surface area contributed by atoms with Crippen LogP contribution in [-0.4, -0.2) is 7.05 Å². The molecule has 0 fully saturated rings. The number of rotatable bonds is 8. The Kier molecular flexibility index (Phi) is 6.69. The van der Waals surface area contributed by atoms with E-state index in [1.165, 1.54) is 43.4 Å². The fourth-order valence-electron chi connectivity index (χ4n) is 1.87. The van der Waals surface area contributed by atoms with Gasteiger partial charge in [-0.25, -0.2) is 0 Å². The van der Waals surface area contributed by atoms with Gasteiger partial charge in [-0.1, -0.05) is 45.1 Å². The van der Waals surface area contributed by atoms with Gasteiger partial charge in [-0.2, -0.15) is 0 Å². The summed E-state index contributed by atoms with van der Waals surface area (Å²) in [6.07, 6.45) is 8.14. The predicted octanol–water partition coefficient (Wildman–Crippen LogP) is 4.37. The van der Waals surface area contributed by atoms with Crippen molar-refractivity contribution in [3.8, 4) is 0 Å². The Balaban J connectivity index is 2.18. The molecule has 1 unspecified atom stereocenters. The van der Waals surface area contributed by atoms with Crippen molar-refractivity contribution in [1.82, 2.24) is 5.32 Å². The van der Waals surface area contributed by atoms with E-state index < -0.39 is 0 Å². The highest BCUT2D eigenvalue weighted by atomic mass is 32.1. The molecule has 86 valence electrons. The van der Waals surface area contributed by atoms with E-state index in [-0.39, 0.29) is 0 Å². The van der Waals surface area contributed by atoms with Crippen molar-refractivity contribution in [2.24, 2.45) is 0 Å². The fourth-order valence-corrected chi connectivity index (χ4v) is 2.74. The highest BCUT2D eigenvalue weighted by Crippen LogP contribution is 2.23. The number of thiophene rings is 1. The molecule has 0 aliphatic carbocycles. The van der Waals surface area contributed by atoms with Crippen molar-refractivity contribution < 1.29 is 0 Å². The first-order chi connectivity index (χ1) is 7.38. The summed E-state index contributed by atoms with van der Waals surface area (Å²) in [4.78, 5) is 1.48. The van der Waals surface area contributed by atoms with Crippen molar-refractivity contribution in [2.75, 3.05) is 7.05 Å². The van der Waals surface area contributed by atoms with Crippen LogP contribution in [0.1, 0.15) is 56.4 Å². The van der Waals surface area contributed by atoms with E-state index in [4.69, 9.17) is 0 Å². The maximum absolute atomic E-state index is 3.41. The lowest BCUT2D eigenvalue weighted by Gasteiger charge is -2.13. The third-order valence-electron chi connectivity index (χ3n) is 2.83. The normalized spacial score (nSPS) is 12.9. The van der Waals surface area contributed by atoms with E-state index in [2.05, 4.69) is 36.8 Å². The third-order valence-corrected chi connectivity index (χ3v) is 3.82. The van der Waals surface area contributed by atoms with Crippen LogP contribution < -0.4 is 5.32 Å². The standard InChI is InChI=1S/C13H23NS/c1-3-4-5-6-7-9-12(14-2)13-10-8-11-15-13/h8,10-12,14H,3-7,9H2,1-2H3. The van der Waals surface area contributed by atoms with Crippen molar-refractivity contribution in [2.45, 2.75) is 51.5 Å². The molecule has 1 atom stereocenters. The minimum Gasteiger partial charge on any atom is -0.312 e. The monoisotopic (exact) mass is 225 g/mol. The Morgan fingerprint density at radius 2 is 2.07 bits per heavy atom. The molecular weight excluding hydrogens is 202 g/mol. The molecule has 2 heteroatoms. The van der Waals surface area contributed by atoms with Crippen LogP contribution in [0.25, 0.3) is 0 Å². The van der Waals surface area contributed by atoms with Gasteiger partial charge in [0.15, 0.2) is 0 Å². The zero-order chi connectivity index (χ0) is 10.9. The van der Waals surface area contributed by atoms with E-state index in [0.717, 1.165) is 0 Å². The number of hydrogen-bond acceptors (Lipinski definition) is 2. The van der Waals surface area contributed by atoms with Crippen molar-refractivity contribution in [3.63, 3.8) is 0 Å². The predicted molar refractivity (Wildman–Crippen MR) is 69.5 cm³/mol. The Bertz CT molecular complexity index is 231. The van der Waals surface area contributed by atoms with Gasteiger partial charge in [0.1, 0.15) is 0 Å². The minimum atomic E-state index is 0.576. The van der Waals surface area contributed by atoms with Crippen LogP contribution in [0.3, 0.4) is 0 Å². The Labute approximate surface area is 97.9 Å². The molecule has 1 nitrogen and oxygen atoms in total. The molecule has 1 aromatic heterocycles. The molecule has 1 rings (SSSR count). The topological polar surface area (TPSA) is 12.0 Å². The molecule has 0 amide bonds. The number of hydrogen-bond donors (Lipinski definition) is 1. The molecule has 0 saturated carbocycles. The van der Waals surface area contributed by atoms with Gasteiger partial charge in [-0.3, -0.25) is 0 Å². The highest BCUT2D eigenvalue weighted by molar-refractivity contribution is 7.10. The molecule has 0 saturated heterocycles. The van der Waals surface area contributed by atoms with Crippen LogP contribution in [0.2, 0.25) is 0 Å². The van der Waals surface area contributed by atoms with Crippen molar-refractivity contribution >= 4 is 11.3 Å².